The highest BCUT2D eigenvalue weighted by molar-refractivity contribution is 7.89. The van der Waals surface area contributed by atoms with Crippen LogP contribution in [-0.4, -0.2) is 13.6 Å². The van der Waals surface area contributed by atoms with E-state index in [1.54, 1.807) is 13.0 Å². The van der Waals surface area contributed by atoms with Crippen LogP contribution >= 0.6 is 0 Å². The minimum Gasteiger partial charge on any atom is -0.357 e. The smallest absolute Gasteiger partial charge is 0.243 e. The van der Waals surface area contributed by atoms with E-state index in [1.807, 2.05) is 6.07 Å². The lowest BCUT2D eigenvalue weighted by Crippen LogP contribution is -2.16. The summed E-state index contributed by atoms with van der Waals surface area (Å²) in [7, 11) is -4.63. The topological polar surface area (TPSA) is 110 Å². The average molecular weight is 407 g/mol. The van der Waals surface area contributed by atoms with Gasteiger partial charge in [0, 0.05) is 5.56 Å². The maximum atomic E-state index is 14.3. The monoisotopic (exact) mass is 407 g/mol. The quantitative estimate of drug-likeness (QED) is 0.711. The van der Waals surface area contributed by atoms with Crippen molar-refractivity contribution in [3.05, 3.63) is 58.9 Å². The number of hydrogen-bond acceptors (Lipinski definition) is 5. The number of hydrogen-bond donors (Lipinski definition) is 1. The van der Waals surface area contributed by atoms with E-state index in [0.29, 0.717) is 28.8 Å². The van der Waals surface area contributed by atoms with E-state index in [2.05, 4.69) is 5.16 Å². The number of nitrogens with zero attached hydrogens (tertiary/aromatic N) is 2. The lowest BCUT2D eigenvalue weighted by Gasteiger charge is -2.08. The van der Waals surface area contributed by atoms with Crippen LogP contribution in [0.4, 0.5) is 13.2 Å². The third kappa shape index (κ3) is 3.37. The van der Waals surface area contributed by atoms with Crippen molar-refractivity contribution in [1.82, 2.24) is 5.16 Å². The van der Waals surface area contributed by atoms with E-state index in [1.165, 1.54) is 12.1 Å². The zero-order valence-electron chi connectivity index (χ0n) is 14.3. The minimum absolute atomic E-state index is 0.0367. The molecule has 1 heterocycles. The number of alkyl halides is 1. The number of rotatable bonds is 4. The standard InChI is InChI=1S/C18H12F3N3O3S/c1-9-4-10(2-3-11(9)8-22)17-16(15(7-19)27-24-17)12-5-13(20)18(14(21)6-12)28(23,25)26/h2-6H,7H2,1H3,(H2,23,25,26). The van der Waals surface area contributed by atoms with E-state index >= 15 is 0 Å². The van der Waals surface area contributed by atoms with Crippen molar-refractivity contribution in [2.75, 3.05) is 0 Å². The fourth-order valence-electron chi connectivity index (χ4n) is 2.82. The van der Waals surface area contributed by atoms with E-state index in [0.717, 1.165) is 0 Å². The van der Waals surface area contributed by atoms with Crippen LogP contribution < -0.4 is 5.14 Å². The first-order valence-corrected chi connectivity index (χ1v) is 9.29. The SMILES string of the molecule is Cc1cc(-c2noc(CF)c2-c2cc(F)c(S(N)(=O)=O)c(F)c2)ccc1C#N. The molecule has 0 aliphatic rings. The number of aromatic nitrogens is 1. The van der Waals surface area contributed by atoms with Gasteiger partial charge >= 0.3 is 0 Å². The predicted molar refractivity (Wildman–Crippen MR) is 92.9 cm³/mol. The van der Waals surface area contributed by atoms with E-state index in [9.17, 15) is 21.6 Å². The molecule has 0 radical (unpaired) electrons. The van der Waals surface area contributed by atoms with E-state index in [4.69, 9.17) is 14.9 Å². The highest BCUT2D eigenvalue weighted by atomic mass is 32.2. The second kappa shape index (κ2) is 7.10. The van der Waals surface area contributed by atoms with Crippen LogP contribution in [0.2, 0.25) is 0 Å². The van der Waals surface area contributed by atoms with Crippen molar-refractivity contribution in [3.8, 4) is 28.5 Å². The summed E-state index contributed by atoms with van der Waals surface area (Å²) in [6.07, 6.45) is 0. The van der Waals surface area contributed by atoms with Gasteiger partial charge in [0.15, 0.2) is 17.3 Å². The molecular weight excluding hydrogens is 395 g/mol. The van der Waals surface area contributed by atoms with Crippen LogP contribution in [0.25, 0.3) is 22.4 Å². The zero-order valence-corrected chi connectivity index (χ0v) is 15.1. The summed E-state index contributed by atoms with van der Waals surface area (Å²) < 4.78 is 69.6. The van der Waals surface area contributed by atoms with Crippen LogP contribution in [0, 0.1) is 29.9 Å². The Morgan fingerprint density at radius 1 is 1.18 bits per heavy atom. The van der Waals surface area contributed by atoms with Crippen LogP contribution in [0.5, 0.6) is 0 Å². The van der Waals surface area contributed by atoms with Gasteiger partial charge in [0.25, 0.3) is 0 Å². The molecule has 3 aromatic rings. The maximum Gasteiger partial charge on any atom is 0.243 e. The number of benzene rings is 2. The van der Waals surface area contributed by atoms with Gasteiger partial charge in [0.2, 0.25) is 10.0 Å². The molecule has 0 saturated heterocycles. The van der Waals surface area contributed by atoms with Crippen molar-refractivity contribution in [1.29, 1.82) is 5.26 Å². The maximum absolute atomic E-state index is 14.3. The lowest BCUT2D eigenvalue weighted by molar-refractivity contribution is 0.332. The summed E-state index contributed by atoms with van der Waals surface area (Å²) in [6, 6.07) is 8.07. The van der Waals surface area contributed by atoms with Crippen LogP contribution in [0.15, 0.2) is 39.8 Å². The molecule has 10 heteroatoms. The zero-order chi connectivity index (χ0) is 20.6. The summed E-state index contributed by atoms with van der Waals surface area (Å²) >= 11 is 0. The van der Waals surface area contributed by atoms with Gasteiger partial charge in [-0.1, -0.05) is 11.2 Å². The Kier molecular flexibility index (Phi) is 4.97. The first-order chi connectivity index (χ1) is 13.2. The summed E-state index contributed by atoms with van der Waals surface area (Å²) in [5.41, 5.74) is 1.32. The van der Waals surface area contributed by atoms with Gasteiger partial charge in [-0.15, -0.1) is 0 Å². The number of nitrogens with two attached hydrogens (primary N) is 1. The van der Waals surface area contributed by atoms with Crippen molar-refractivity contribution in [2.45, 2.75) is 18.5 Å². The second-order valence-electron chi connectivity index (χ2n) is 5.92. The Labute approximate surface area is 158 Å². The molecule has 6 nitrogen and oxygen atoms in total. The molecule has 0 atom stereocenters. The number of nitriles is 1. The molecule has 144 valence electrons. The van der Waals surface area contributed by atoms with Gasteiger partial charge in [0.1, 0.15) is 17.3 Å². The van der Waals surface area contributed by atoms with Gasteiger partial charge < -0.3 is 4.52 Å². The molecule has 0 saturated carbocycles. The van der Waals surface area contributed by atoms with Crippen LogP contribution in [-0.2, 0) is 16.7 Å². The lowest BCUT2D eigenvalue weighted by atomic mass is 9.97. The average Bonchev–Trinajstić information content (AvgIpc) is 3.03. The van der Waals surface area contributed by atoms with Gasteiger partial charge in [-0.2, -0.15) is 5.26 Å². The van der Waals surface area contributed by atoms with Gasteiger partial charge in [-0.25, -0.2) is 26.7 Å². The molecule has 0 bridgehead atoms. The first kappa shape index (κ1) is 19.6. The highest BCUT2D eigenvalue weighted by Gasteiger charge is 2.26. The Morgan fingerprint density at radius 2 is 1.82 bits per heavy atom. The molecular formula is C18H12F3N3O3S. The third-order valence-corrected chi connectivity index (χ3v) is 5.03. The van der Waals surface area contributed by atoms with E-state index in [-0.39, 0.29) is 22.6 Å². The number of halogens is 3. The molecule has 0 aliphatic heterocycles. The van der Waals surface area contributed by atoms with Crippen LogP contribution in [0.3, 0.4) is 0 Å². The molecule has 0 aliphatic carbocycles. The molecule has 2 N–H and O–H groups in total. The predicted octanol–water partition coefficient (Wildman–Crippen LogP) is 3.58. The fourth-order valence-corrected chi connectivity index (χ4v) is 3.48. The molecule has 1 aromatic heterocycles. The summed E-state index contributed by atoms with van der Waals surface area (Å²) in [5, 5.41) is 17.6. The fraction of sp³-hybridized carbons (Fsp3) is 0.111. The molecule has 0 unspecified atom stereocenters. The first-order valence-electron chi connectivity index (χ1n) is 7.75. The summed E-state index contributed by atoms with van der Waals surface area (Å²) in [5.74, 6) is -3.14. The number of sulfonamides is 1. The third-order valence-electron chi connectivity index (χ3n) is 4.08. The summed E-state index contributed by atoms with van der Waals surface area (Å²) in [6.45, 7) is 0.565. The Bertz CT molecular complexity index is 1210. The largest absolute Gasteiger partial charge is 0.357 e. The molecule has 28 heavy (non-hydrogen) atoms. The Balaban J connectivity index is 2.25. The van der Waals surface area contributed by atoms with Crippen molar-refractivity contribution in [3.63, 3.8) is 0 Å². The molecule has 2 aromatic carbocycles. The summed E-state index contributed by atoms with van der Waals surface area (Å²) in [4.78, 5) is -1.29. The van der Waals surface area contributed by atoms with Gasteiger partial charge in [-0.05, 0) is 42.3 Å². The Hall–Kier alpha value is -3.16. The Morgan fingerprint density at radius 3 is 2.32 bits per heavy atom. The molecule has 0 fully saturated rings. The van der Waals surface area contributed by atoms with Crippen molar-refractivity contribution in [2.24, 2.45) is 5.14 Å². The number of primary sulfonamides is 1. The minimum atomic E-state index is -4.63. The molecule has 3 rings (SSSR count). The molecule has 0 spiro atoms. The number of aryl methyl sites for hydroxylation is 1. The van der Waals surface area contributed by atoms with Gasteiger partial charge in [0.05, 0.1) is 17.2 Å². The highest BCUT2D eigenvalue weighted by Crippen LogP contribution is 2.37. The van der Waals surface area contributed by atoms with Crippen molar-refractivity contribution >= 4 is 10.0 Å². The molecule has 0 amide bonds. The van der Waals surface area contributed by atoms with Crippen LogP contribution in [0.1, 0.15) is 16.9 Å². The normalized spacial score (nSPS) is 11.4. The van der Waals surface area contributed by atoms with Gasteiger partial charge in [-0.3, -0.25) is 0 Å². The van der Waals surface area contributed by atoms with Crippen molar-refractivity contribution < 1.29 is 26.1 Å². The van der Waals surface area contributed by atoms with E-state index < -0.39 is 33.2 Å². The second-order valence-corrected chi connectivity index (χ2v) is 7.42.